The van der Waals surface area contributed by atoms with Gasteiger partial charge in [0.25, 0.3) is 0 Å². The average Bonchev–Trinajstić information content (AvgIpc) is 2.98. The first kappa shape index (κ1) is 20.1. The lowest BCUT2D eigenvalue weighted by atomic mass is 9.76. The second-order valence-corrected chi connectivity index (χ2v) is 8.47. The SMILES string of the molecule is CC1(C)CC(=O)c2c([nH]c(-c3ccncc3)c2Nc2cccc(OC(C)(F)F)c2)C1. The summed E-state index contributed by atoms with van der Waals surface area (Å²) < 4.78 is 31.2. The fourth-order valence-electron chi connectivity index (χ4n) is 3.90. The number of carbonyl (C=O) groups is 1. The van der Waals surface area contributed by atoms with Gasteiger partial charge in [-0.25, -0.2) is 0 Å². The van der Waals surface area contributed by atoms with E-state index in [1.54, 1.807) is 24.5 Å². The molecule has 30 heavy (non-hydrogen) atoms. The van der Waals surface area contributed by atoms with Crippen LogP contribution < -0.4 is 10.1 Å². The minimum atomic E-state index is -3.28. The maximum Gasteiger partial charge on any atom is 0.394 e. The standard InChI is InChI=1S/C23H23F2N3O2/c1-22(2)12-17-19(18(29)13-22)21(20(28-17)14-7-9-26-10-8-14)27-15-5-4-6-16(11-15)30-23(3,24)25/h4-11,27-28H,12-13H2,1-3H3. The Morgan fingerprint density at radius 1 is 1.17 bits per heavy atom. The summed E-state index contributed by atoms with van der Waals surface area (Å²) in [6, 6.07) is 10.0. The molecule has 156 valence electrons. The number of aromatic amines is 1. The molecule has 1 aliphatic rings. The third kappa shape index (κ3) is 4.20. The summed E-state index contributed by atoms with van der Waals surface area (Å²) >= 11 is 0. The maximum atomic E-state index is 13.3. The number of ketones is 1. The number of ether oxygens (including phenoxy) is 1. The molecule has 0 radical (unpaired) electrons. The van der Waals surface area contributed by atoms with Crippen molar-refractivity contribution in [3.05, 3.63) is 60.0 Å². The zero-order valence-corrected chi connectivity index (χ0v) is 17.1. The molecule has 2 N–H and O–H groups in total. The lowest BCUT2D eigenvalue weighted by Crippen LogP contribution is -2.26. The van der Waals surface area contributed by atoms with E-state index >= 15 is 0 Å². The average molecular weight is 411 g/mol. The summed E-state index contributed by atoms with van der Waals surface area (Å²) in [4.78, 5) is 20.5. The molecule has 0 unspecified atom stereocenters. The van der Waals surface area contributed by atoms with Gasteiger partial charge < -0.3 is 15.0 Å². The fraction of sp³-hybridized carbons (Fsp3) is 0.304. The third-order valence-corrected chi connectivity index (χ3v) is 5.02. The first-order valence-electron chi connectivity index (χ1n) is 9.74. The number of nitrogens with one attached hydrogen (secondary N) is 2. The van der Waals surface area contributed by atoms with Crippen LogP contribution in [0.4, 0.5) is 20.2 Å². The van der Waals surface area contributed by atoms with E-state index < -0.39 is 6.11 Å². The molecule has 3 aromatic rings. The Bertz CT molecular complexity index is 1090. The van der Waals surface area contributed by atoms with Crippen LogP contribution in [0.3, 0.4) is 0 Å². The summed E-state index contributed by atoms with van der Waals surface area (Å²) in [5.74, 6) is 0.0858. The fourth-order valence-corrected chi connectivity index (χ4v) is 3.90. The Labute approximate surface area is 173 Å². The van der Waals surface area contributed by atoms with Gasteiger partial charge in [0, 0.05) is 48.7 Å². The van der Waals surface area contributed by atoms with Crippen LogP contribution in [0, 0.1) is 5.41 Å². The van der Waals surface area contributed by atoms with Crippen molar-refractivity contribution >= 4 is 17.2 Å². The lowest BCUT2D eigenvalue weighted by molar-refractivity contribution is -0.158. The first-order chi connectivity index (χ1) is 14.1. The molecule has 0 saturated heterocycles. The molecule has 5 nitrogen and oxygen atoms in total. The molecule has 4 rings (SSSR count). The van der Waals surface area contributed by atoms with Gasteiger partial charge in [0.1, 0.15) is 5.75 Å². The highest BCUT2D eigenvalue weighted by molar-refractivity contribution is 6.07. The van der Waals surface area contributed by atoms with Crippen LogP contribution in [0.2, 0.25) is 0 Å². The van der Waals surface area contributed by atoms with Crippen LogP contribution in [0.5, 0.6) is 5.75 Å². The van der Waals surface area contributed by atoms with E-state index in [1.165, 1.54) is 12.1 Å². The van der Waals surface area contributed by atoms with Gasteiger partial charge in [-0.1, -0.05) is 19.9 Å². The number of rotatable bonds is 5. The summed E-state index contributed by atoms with van der Waals surface area (Å²) in [6.45, 7) is 4.83. The van der Waals surface area contributed by atoms with Crippen molar-refractivity contribution in [1.29, 1.82) is 0 Å². The number of aromatic nitrogens is 2. The minimum absolute atomic E-state index is 0.0369. The molecule has 0 bridgehead atoms. The zero-order valence-electron chi connectivity index (χ0n) is 17.1. The Kier molecular flexibility index (Phi) is 4.84. The normalized spacial score (nSPS) is 15.6. The highest BCUT2D eigenvalue weighted by Gasteiger charge is 2.35. The number of Topliss-reactive ketones (excluding diaryl/α,β-unsaturated/α-hetero) is 1. The van der Waals surface area contributed by atoms with Crippen molar-refractivity contribution in [2.75, 3.05) is 5.32 Å². The molecule has 1 aliphatic carbocycles. The summed E-state index contributed by atoms with van der Waals surface area (Å²) in [5.41, 5.74) is 4.18. The van der Waals surface area contributed by atoms with Gasteiger partial charge >= 0.3 is 6.11 Å². The number of alkyl halides is 2. The van der Waals surface area contributed by atoms with Gasteiger partial charge in [0.15, 0.2) is 5.78 Å². The van der Waals surface area contributed by atoms with Crippen LogP contribution in [0.15, 0.2) is 48.8 Å². The first-order valence-corrected chi connectivity index (χ1v) is 9.74. The highest BCUT2D eigenvalue weighted by Crippen LogP contribution is 2.43. The van der Waals surface area contributed by atoms with Crippen molar-refractivity contribution in [1.82, 2.24) is 9.97 Å². The number of H-pyrrole nitrogens is 1. The molecule has 0 atom stereocenters. The number of pyridine rings is 1. The number of fused-ring (bicyclic) bond motifs is 1. The number of nitrogens with zero attached hydrogens (tertiary/aromatic N) is 1. The quantitative estimate of drug-likeness (QED) is 0.543. The zero-order chi connectivity index (χ0) is 21.5. The second kappa shape index (κ2) is 7.23. The van der Waals surface area contributed by atoms with Crippen LogP contribution in [0.25, 0.3) is 11.3 Å². The van der Waals surface area contributed by atoms with Crippen LogP contribution in [-0.4, -0.2) is 21.9 Å². The third-order valence-electron chi connectivity index (χ3n) is 5.02. The summed E-state index contributed by atoms with van der Waals surface area (Å²) in [6.07, 6.45) is 1.26. The number of anilines is 2. The van der Waals surface area contributed by atoms with Crippen molar-refractivity contribution in [3.63, 3.8) is 0 Å². The molecule has 0 aliphatic heterocycles. The van der Waals surface area contributed by atoms with Gasteiger partial charge in [-0.3, -0.25) is 9.78 Å². The van der Waals surface area contributed by atoms with Crippen LogP contribution in [-0.2, 0) is 6.42 Å². The lowest BCUT2D eigenvalue weighted by Gasteiger charge is -2.28. The van der Waals surface area contributed by atoms with E-state index in [0.717, 1.165) is 23.4 Å². The molecule has 7 heteroatoms. The molecule has 1 aromatic carbocycles. The molecule has 0 fully saturated rings. The van der Waals surface area contributed by atoms with E-state index in [2.05, 4.69) is 33.9 Å². The monoisotopic (exact) mass is 411 g/mol. The molecule has 0 spiro atoms. The molecule has 0 saturated carbocycles. The predicted octanol–water partition coefficient (Wildman–Crippen LogP) is 5.97. The Hall–Kier alpha value is -3.22. The molecule has 2 aromatic heterocycles. The number of benzene rings is 1. The molecular weight excluding hydrogens is 388 g/mol. The maximum absolute atomic E-state index is 13.3. The van der Waals surface area contributed by atoms with Gasteiger partial charge in [0.2, 0.25) is 0 Å². The van der Waals surface area contributed by atoms with Crippen LogP contribution in [0.1, 0.15) is 43.2 Å². The Morgan fingerprint density at radius 2 is 1.90 bits per heavy atom. The predicted molar refractivity (Wildman–Crippen MR) is 111 cm³/mol. The van der Waals surface area contributed by atoms with E-state index in [4.69, 9.17) is 0 Å². The highest BCUT2D eigenvalue weighted by atomic mass is 19.3. The second-order valence-electron chi connectivity index (χ2n) is 8.47. The minimum Gasteiger partial charge on any atom is -0.433 e. The van der Waals surface area contributed by atoms with Crippen LogP contribution >= 0.6 is 0 Å². The summed E-state index contributed by atoms with van der Waals surface area (Å²) in [5, 5.41) is 3.27. The Morgan fingerprint density at radius 3 is 2.60 bits per heavy atom. The number of carbonyl (C=O) groups excluding carboxylic acids is 1. The Balaban J connectivity index is 1.79. The number of hydrogen-bond acceptors (Lipinski definition) is 4. The van der Waals surface area contributed by atoms with Gasteiger partial charge in [-0.05, 0) is 36.1 Å². The van der Waals surface area contributed by atoms with Gasteiger partial charge in [-0.15, -0.1) is 0 Å². The summed E-state index contributed by atoms with van der Waals surface area (Å²) in [7, 11) is 0. The molecule has 2 heterocycles. The topological polar surface area (TPSA) is 67.0 Å². The van der Waals surface area contributed by atoms with E-state index in [9.17, 15) is 13.6 Å². The van der Waals surface area contributed by atoms with Gasteiger partial charge in [-0.2, -0.15) is 8.78 Å². The van der Waals surface area contributed by atoms with Crippen molar-refractivity contribution in [3.8, 4) is 17.0 Å². The van der Waals surface area contributed by atoms with E-state index in [1.807, 2.05) is 12.1 Å². The van der Waals surface area contributed by atoms with Crippen molar-refractivity contribution in [2.24, 2.45) is 5.41 Å². The molecule has 0 amide bonds. The smallest absolute Gasteiger partial charge is 0.394 e. The van der Waals surface area contributed by atoms with Gasteiger partial charge in [0.05, 0.1) is 16.9 Å². The number of hydrogen-bond donors (Lipinski definition) is 2. The van der Waals surface area contributed by atoms with Crippen molar-refractivity contribution in [2.45, 2.75) is 39.7 Å². The largest absolute Gasteiger partial charge is 0.433 e. The molecular formula is C23H23F2N3O2. The van der Waals surface area contributed by atoms with Crippen molar-refractivity contribution < 1.29 is 18.3 Å². The number of halogens is 2. The van der Waals surface area contributed by atoms with E-state index in [-0.39, 0.29) is 16.9 Å². The van der Waals surface area contributed by atoms with E-state index in [0.29, 0.717) is 30.3 Å².